The number of halogens is 5. The van der Waals surface area contributed by atoms with E-state index in [1.54, 1.807) is 0 Å². The molecule has 0 atom stereocenters. The Kier molecular flexibility index (Phi) is 6.91. The lowest BCUT2D eigenvalue weighted by Crippen LogP contribution is -2.45. The highest BCUT2D eigenvalue weighted by Gasteiger charge is 2.32. The van der Waals surface area contributed by atoms with E-state index in [-0.39, 0.29) is 30.3 Å². The zero-order valence-electron chi connectivity index (χ0n) is 20.4. The molecule has 3 heterocycles. The molecule has 1 amide bonds. The van der Waals surface area contributed by atoms with Gasteiger partial charge in [-0.2, -0.15) is 18.2 Å². The molecule has 2 aliphatic rings. The third-order valence-electron chi connectivity index (χ3n) is 6.65. The van der Waals surface area contributed by atoms with E-state index in [9.17, 15) is 26.7 Å². The quantitative estimate of drug-likeness (QED) is 0.460. The summed E-state index contributed by atoms with van der Waals surface area (Å²) in [4.78, 5) is 28.1. The van der Waals surface area contributed by atoms with Crippen LogP contribution in [0.4, 0.5) is 27.9 Å². The van der Waals surface area contributed by atoms with E-state index >= 15 is 0 Å². The van der Waals surface area contributed by atoms with Crippen molar-refractivity contribution in [1.82, 2.24) is 19.8 Å². The number of rotatable bonds is 4. The predicted octanol–water partition coefficient (Wildman–Crippen LogP) is 4.52. The van der Waals surface area contributed by atoms with E-state index in [1.807, 2.05) is 11.9 Å². The summed E-state index contributed by atoms with van der Waals surface area (Å²) in [6.45, 7) is 3.34. The van der Waals surface area contributed by atoms with Crippen LogP contribution < -0.4 is 9.64 Å². The Morgan fingerprint density at radius 1 is 0.921 bits per heavy atom. The zero-order valence-corrected chi connectivity index (χ0v) is 20.4. The number of amides is 1. The van der Waals surface area contributed by atoms with Crippen molar-refractivity contribution in [2.75, 3.05) is 44.7 Å². The van der Waals surface area contributed by atoms with Crippen molar-refractivity contribution >= 4 is 11.9 Å². The monoisotopic (exact) mass is 533 g/mol. The first-order valence-corrected chi connectivity index (χ1v) is 12.0. The SMILES string of the molecule is CN1CCN(c2nc3c(c(Oc4ccc(F)c(F)c4)n2)CN(C(=O)c2ccc(C(F)(F)F)cc2)CC3)CC1. The maximum absolute atomic E-state index is 13.9. The number of anilines is 1. The minimum atomic E-state index is -4.50. The van der Waals surface area contributed by atoms with Gasteiger partial charge in [-0.05, 0) is 43.4 Å². The van der Waals surface area contributed by atoms with Gasteiger partial charge in [0, 0.05) is 50.8 Å². The normalized spacial score (nSPS) is 16.4. The van der Waals surface area contributed by atoms with Gasteiger partial charge in [0.2, 0.25) is 11.8 Å². The molecule has 0 bridgehead atoms. The van der Waals surface area contributed by atoms with Crippen LogP contribution in [0.25, 0.3) is 0 Å². The van der Waals surface area contributed by atoms with Crippen LogP contribution in [0, 0.1) is 11.6 Å². The Balaban J connectivity index is 1.45. The fourth-order valence-electron chi connectivity index (χ4n) is 4.41. The van der Waals surface area contributed by atoms with Crippen LogP contribution in [0.1, 0.15) is 27.2 Å². The average molecular weight is 534 g/mol. The van der Waals surface area contributed by atoms with Crippen LogP contribution in [-0.4, -0.2) is 65.4 Å². The molecule has 1 saturated heterocycles. The van der Waals surface area contributed by atoms with Gasteiger partial charge >= 0.3 is 6.18 Å². The van der Waals surface area contributed by atoms with Crippen molar-refractivity contribution in [1.29, 1.82) is 0 Å². The van der Waals surface area contributed by atoms with Crippen LogP contribution in [0.2, 0.25) is 0 Å². The first kappa shape index (κ1) is 25.8. The molecule has 12 heteroatoms. The molecule has 5 rings (SSSR count). The number of nitrogens with zero attached hydrogens (tertiary/aromatic N) is 5. The third-order valence-corrected chi connectivity index (χ3v) is 6.65. The minimum Gasteiger partial charge on any atom is -0.438 e. The van der Waals surface area contributed by atoms with Crippen molar-refractivity contribution in [3.63, 3.8) is 0 Å². The summed E-state index contributed by atoms with van der Waals surface area (Å²) in [5.41, 5.74) is 0.423. The largest absolute Gasteiger partial charge is 0.438 e. The van der Waals surface area contributed by atoms with Gasteiger partial charge < -0.3 is 19.4 Å². The lowest BCUT2D eigenvalue weighted by Gasteiger charge is -2.34. The Morgan fingerprint density at radius 3 is 2.29 bits per heavy atom. The van der Waals surface area contributed by atoms with Gasteiger partial charge in [0.25, 0.3) is 5.91 Å². The van der Waals surface area contributed by atoms with E-state index < -0.39 is 29.3 Å². The molecule has 0 radical (unpaired) electrons. The average Bonchev–Trinajstić information content (AvgIpc) is 2.90. The number of alkyl halides is 3. The van der Waals surface area contributed by atoms with Crippen molar-refractivity contribution in [2.45, 2.75) is 19.1 Å². The van der Waals surface area contributed by atoms with Gasteiger partial charge in [0.05, 0.1) is 23.4 Å². The molecule has 1 aromatic heterocycles. The van der Waals surface area contributed by atoms with Crippen molar-refractivity contribution in [3.05, 3.63) is 76.5 Å². The summed E-state index contributed by atoms with van der Waals surface area (Å²) >= 11 is 0. The molecular formula is C26H24F5N5O2. The zero-order chi connectivity index (χ0) is 27.0. The molecule has 0 aliphatic carbocycles. The fraction of sp³-hybridized carbons (Fsp3) is 0.346. The smallest absolute Gasteiger partial charge is 0.416 e. The Morgan fingerprint density at radius 2 is 1.63 bits per heavy atom. The summed E-state index contributed by atoms with van der Waals surface area (Å²) < 4.78 is 72.0. The molecule has 7 nitrogen and oxygen atoms in total. The van der Waals surface area contributed by atoms with E-state index in [1.165, 1.54) is 11.0 Å². The molecule has 200 valence electrons. The molecule has 0 N–H and O–H groups in total. The van der Waals surface area contributed by atoms with Crippen molar-refractivity contribution < 1.29 is 31.5 Å². The number of carbonyl (C=O) groups excluding carboxylic acids is 1. The Hall–Kier alpha value is -3.80. The van der Waals surface area contributed by atoms with E-state index in [0.29, 0.717) is 36.7 Å². The molecule has 2 aliphatic heterocycles. The number of hydrogen-bond acceptors (Lipinski definition) is 6. The van der Waals surface area contributed by atoms with Crippen LogP contribution in [0.5, 0.6) is 11.6 Å². The standard InChI is InChI=1S/C26H24F5N5O2/c1-34-10-12-35(13-11-34)25-32-22-8-9-36(24(37)16-2-4-17(5-3-16)26(29,30)31)15-19(22)23(33-25)38-18-6-7-20(27)21(28)14-18/h2-7,14H,8-13,15H2,1H3. The number of likely N-dealkylation sites (N-methyl/N-ethyl adjacent to an activating group) is 1. The maximum atomic E-state index is 13.9. The lowest BCUT2D eigenvalue weighted by molar-refractivity contribution is -0.137. The van der Waals surface area contributed by atoms with E-state index in [4.69, 9.17) is 9.72 Å². The molecule has 0 saturated carbocycles. The topological polar surface area (TPSA) is 61.8 Å². The molecule has 0 spiro atoms. The first-order valence-electron chi connectivity index (χ1n) is 12.0. The third kappa shape index (κ3) is 5.40. The maximum Gasteiger partial charge on any atom is 0.416 e. The number of fused-ring (bicyclic) bond motifs is 1. The number of ether oxygens (including phenoxy) is 1. The summed E-state index contributed by atoms with van der Waals surface area (Å²) in [5, 5.41) is 0. The predicted molar refractivity (Wildman–Crippen MR) is 128 cm³/mol. The summed E-state index contributed by atoms with van der Waals surface area (Å²) in [7, 11) is 2.02. The van der Waals surface area contributed by atoms with Gasteiger partial charge in [-0.1, -0.05) is 0 Å². The van der Waals surface area contributed by atoms with Gasteiger partial charge in [-0.3, -0.25) is 4.79 Å². The highest BCUT2D eigenvalue weighted by molar-refractivity contribution is 5.94. The van der Waals surface area contributed by atoms with Gasteiger partial charge in [0.1, 0.15) is 5.75 Å². The lowest BCUT2D eigenvalue weighted by atomic mass is 10.0. The van der Waals surface area contributed by atoms with Crippen LogP contribution >= 0.6 is 0 Å². The van der Waals surface area contributed by atoms with Gasteiger partial charge in [-0.25, -0.2) is 13.8 Å². The van der Waals surface area contributed by atoms with E-state index in [0.717, 1.165) is 49.5 Å². The minimum absolute atomic E-state index is 0.0281. The first-order chi connectivity index (χ1) is 18.1. The van der Waals surface area contributed by atoms with Crippen LogP contribution in [0.15, 0.2) is 42.5 Å². The number of aromatic nitrogens is 2. The van der Waals surface area contributed by atoms with Gasteiger partial charge in [0.15, 0.2) is 11.6 Å². The molecule has 1 fully saturated rings. The second-order valence-corrected chi connectivity index (χ2v) is 9.27. The molecule has 3 aromatic rings. The molecule has 0 unspecified atom stereocenters. The molecule has 38 heavy (non-hydrogen) atoms. The number of carbonyl (C=O) groups is 1. The molecular weight excluding hydrogens is 509 g/mol. The fourth-order valence-corrected chi connectivity index (χ4v) is 4.41. The Bertz CT molecular complexity index is 1340. The second kappa shape index (κ2) is 10.2. The number of benzene rings is 2. The summed E-state index contributed by atoms with van der Waals surface area (Å²) in [6, 6.07) is 7.16. The van der Waals surface area contributed by atoms with E-state index in [2.05, 4.69) is 9.88 Å². The number of piperazine rings is 1. The second-order valence-electron chi connectivity index (χ2n) is 9.27. The summed E-state index contributed by atoms with van der Waals surface area (Å²) in [5.74, 6) is -1.97. The van der Waals surface area contributed by atoms with Crippen molar-refractivity contribution in [2.24, 2.45) is 0 Å². The van der Waals surface area contributed by atoms with Gasteiger partial charge in [-0.15, -0.1) is 0 Å². The number of hydrogen-bond donors (Lipinski definition) is 0. The highest BCUT2D eigenvalue weighted by Crippen LogP contribution is 2.33. The Labute approximate surface area is 215 Å². The molecule has 2 aromatic carbocycles. The summed E-state index contributed by atoms with van der Waals surface area (Å²) in [6.07, 6.45) is -4.14. The highest BCUT2D eigenvalue weighted by atomic mass is 19.4. The van der Waals surface area contributed by atoms with Crippen LogP contribution in [0.3, 0.4) is 0 Å². The van der Waals surface area contributed by atoms with Crippen LogP contribution in [-0.2, 0) is 19.1 Å². The van der Waals surface area contributed by atoms with Crippen molar-refractivity contribution in [3.8, 4) is 11.6 Å².